The van der Waals surface area contributed by atoms with Crippen LogP contribution in [0.2, 0.25) is 0 Å². The monoisotopic (exact) mass is 291 g/mol. The average Bonchev–Trinajstić information content (AvgIpc) is 2.55. The molecule has 2 aromatic carbocycles. The third-order valence-corrected chi connectivity index (χ3v) is 4.18. The third-order valence-electron chi connectivity index (χ3n) is 4.18. The summed E-state index contributed by atoms with van der Waals surface area (Å²) >= 11 is 0. The second kappa shape index (κ2) is 5.39. The van der Waals surface area contributed by atoms with E-state index in [1.807, 2.05) is 24.3 Å². The minimum atomic E-state index is 0.0938. The van der Waals surface area contributed by atoms with E-state index in [2.05, 4.69) is 34.5 Å². The number of benzene rings is 2. The molecule has 3 aromatic rings. The second-order valence-corrected chi connectivity index (χ2v) is 5.68. The Kier molecular flexibility index (Phi) is 3.24. The summed E-state index contributed by atoms with van der Waals surface area (Å²) in [6.45, 7) is 2.74. The molecule has 1 aromatic heterocycles. The molecule has 0 spiro atoms. The normalized spacial score (nSPS) is 16.1. The van der Waals surface area contributed by atoms with E-state index in [1.165, 1.54) is 16.2 Å². The first-order chi connectivity index (χ1) is 10.8. The number of rotatable bonds is 2. The lowest BCUT2D eigenvalue weighted by Crippen LogP contribution is -2.47. The Labute approximate surface area is 128 Å². The number of nitrogens with one attached hydrogen (secondary N) is 1. The number of hydrogen-bond donors (Lipinski definition) is 1. The van der Waals surface area contributed by atoms with Crippen molar-refractivity contribution in [2.45, 2.75) is 6.54 Å². The van der Waals surface area contributed by atoms with Crippen LogP contribution >= 0.6 is 0 Å². The molecule has 1 aliphatic rings. The molecule has 0 saturated carbocycles. The topological polar surface area (TPSA) is 45.2 Å². The summed E-state index contributed by atoms with van der Waals surface area (Å²) in [4.78, 5) is 18.6. The number of amides is 1. The zero-order chi connectivity index (χ0) is 14.9. The van der Waals surface area contributed by atoms with E-state index >= 15 is 0 Å². The summed E-state index contributed by atoms with van der Waals surface area (Å²) in [5.41, 5.74) is 2.06. The van der Waals surface area contributed by atoms with Crippen molar-refractivity contribution in [3.63, 3.8) is 0 Å². The fourth-order valence-corrected chi connectivity index (χ4v) is 3.13. The Hall–Kier alpha value is -2.46. The lowest BCUT2D eigenvalue weighted by molar-refractivity contribution is -0.124. The molecule has 1 amide bonds. The van der Waals surface area contributed by atoms with Gasteiger partial charge in [0.05, 0.1) is 17.8 Å². The smallest absolute Gasteiger partial charge is 0.234 e. The molecule has 1 N–H and O–H groups in total. The lowest BCUT2D eigenvalue weighted by atomic mass is 10.0. The van der Waals surface area contributed by atoms with E-state index in [0.717, 1.165) is 17.8 Å². The van der Waals surface area contributed by atoms with E-state index in [0.29, 0.717) is 19.6 Å². The molecule has 4 rings (SSSR count). The van der Waals surface area contributed by atoms with E-state index < -0.39 is 0 Å². The van der Waals surface area contributed by atoms with Crippen LogP contribution in [-0.4, -0.2) is 35.4 Å². The zero-order valence-corrected chi connectivity index (χ0v) is 12.2. The van der Waals surface area contributed by atoms with Gasteiger partial charge in [0.1, 0.15) is 0 Å². The quantitative estimate of drug-likeness (QED) is 0.737. The van der Waals surface area contributed by atoms with Crippen molar-refractivity contribution in [2.75, 3.05) is 19.6 Å². The molecule has 1 fully saturated rings. The molecule has 0 radical (unpaired) electrons. The van der Waals surface area contributed by atoms with Crippen LogP contribution in [0.1, 0.15) is 5.69 Å². The number of nitrogens with zero attached hydrogens (tertiary/aromatic N) is 2. The van der Waals surface area contributed by atoms with Crippen LogP contribution in [0.5, 0.6) is 0 Å². The van der Waals surface area contributed by atoms with Gasteiger partial charge in [-0.25, -0.2) is 0 Å². The van der Waals surface area contributed by atoms with Crippen LogP contribution < -0.4 is 5.32 Å². The summed E-state index contributed by atoms with van der Waals surface area (Å²) in [5, 5.41) is 6.44. The minimum absolute atomic E-state index is 0.0938. The lowest BCUT2D eigenvalue weighted by Gasteiger charge is -2.26. The summed E-state index contributed by atoms with van der Waals surface area (Å²) in [6, 6.07) is 16.6. The Bertz CT molecular complexity index is 859. The van der Waals surface area contributed by atoms with Gasteiger partial charge in [-0.2, -0.15) is 0 Å². The summed E-state index contributed by atoms with van der Waals surface area (Å²) in [7, 11) is 0. The SMILES string of the molecule is O=C1CN(Cc2nc3ccccc3c3ccccc23)CCN1. The Morgan fingerprint density at radius 1 is 1.00 bits per heavy atom. The predicted octanol–water partition coefficient (Wildman–Crippen LogP) is 2.32. The van der Waals surface area contributed by atoms with Gasteiger partial charge < -0.3 is 5.32 Å². The number of hydrogen-bond acceptors (Lipinski definition) is 3. The number of pyridine rings is 1. The van der Waals surface area contributed by atoms with Gasteiger partial charge in [-0.05, 0) is 11.5 Å². The molecular formula is C18H17N3O. The number of piperazine rings is 1. The highest BCUT2D eigenvalue weighted by Crippen LogP contribution is 2.26. The first-order valence-electron chi connectivity index (χ1n) is 7.57. The molecule has 22 heavy (non-hydrogen) atoms. The van der Waals surface area contributed by atoms with Gasteiger partial charge in [-0.1, -0.05) is 42.5 Å². The van der Waals surface area contributed by atoms with E-state index in [-0.39, 0.29) is 5.91 Å². The molecule has 110 valence electrons. The molecule has 2 heterocycles. The molecule has 0 unspecified atom stereocenters. The molecule has 0 aliphatic carbocycles. The fraction of sp³-hybridized carbons (Fsp3) is 0.222. The summed E-state index contributed by atoms with van der Waals surface area (Å²) in [5.74, 6) is 0.0938. The summed E-state index contributed by atoms with van der Waals surface area (Å²) < 4.78 is 0. The fourth-order valence-electron chi connectivity index (χ4n) is 3.13. The van der Waals surface area contributed by atoms with E-state index in [1.54, 1.807) is 0 Å². The van der Waals surface area contributed by atoms with Crippen molar-refractivity contribution < 1.29 is 4.79 Å². The first kappa shape index (κ1) is 13.2. The second-order valence-electron chi connectivity index (χ2n) is 5.68. The van der Waals surface area contributed by atoms with Crippen molar-refractivity contribution in [3.05, 3.63) is 54.2 Å². The Morgan fingerprint density at radius 2 is 1.73 bits per heavy atom. The summed E-state index contributed by atoms with van der Waals surface area (Å²) in [6.07, 6.45) is 0. The molecule has 4 heteroatoms. The molecule has 1 aliphatic heterocycles. The average molecular weight is 291 g/mol. The highest BCUT2D eigenvalue weighted by molar-refractivity contribution is 6.06. The number of carbonyl (C=O) groups excluding carboxylic acids is 1. The molecule has 0 atom stereocenters. The van der Waals surface area contributed by atoms with Crippen LogP contribution in [0.25, 0.3) is 21.7 Å². The van der Waals surface area contributed by atoms with Crippen LogP contribution in [0.15, 0.2) is 48.5 Å². The van der Waals surface area contributed by atoms with E-state index in [4.69, 9.17) is 4.98 Å². The Morgan fingerprint density at radius 3 is 2.55 bits per heavy atom. The van der Waals surface area contributed by atoms with Crippen molar-refractivity contribution >= 4 is 27.6 Å². The van der Waals surface area contributed by atoms with Crippen LogP contribution in [0.4, 0.5) is 0 Å². The van der Waals surface area contributed by atoms with Crippen LogP contribution in [-0.2, 0) is 11.3 Å². The highest BCUT2D eigenvalue weighted by atomic mass is 16.2. The van der Waals surface area contributed by atoms with E-state index in [9.17, 15) is 4.79 Å². The van der Waals surface area contributed by atoms with Crippen molar-refractivity contribution in [1.82, 2.24) is 15.2 Å². The standard InChI is InChI=1S/C18H17N3O/c22-18-12-21(10-9-19-18)11-17-15-7-2-1-5-13(15)14-6-3-4-8-16(14)20-17/h1-8H,9-12H2,(H,19,22). The van der Waals surface area contributed by atoms with Crippen molar-refractivity contribution in [3.8, 4) is 0 Å². The third kappa shape index (κ3) is 2.31. The van der Waals surface area contributed by atoms with Crippen LogP contribution in [0, 0.1) is 0 Å². The zero-order valence-electron chi connectivity index (χ0n) is 12.2. The van der Waals surface area contributed by atoms with Crippen molar-refractivity contribution in [2.24, 2.45) is 0 Å². The first-order valence-corrected chi connectivity index (χ1v) is 7.57. The van der Waals surface area contributed by atoms with Crippen LogP contribution in [0.3, 0.4) is 0 Å². The molecular weight excluding hydrogens is 274 g/mol. The van der Waals surface area contributed by atoms with Gasteiger partial charge in [-0.15, -0.1) is 0 Å². The van der Waals surface area contributed by atoms with Crippen molar-refractivity contribution in [1.29, 1.82) is 0 Å². The number of fused-ring (bicyclic) bond motifs is 3. The Balaban J connectivity index is 1.83. The maximum absolute atomic E-state index is 11.6. The van der Waals surface area contributed by atoms with Gasteiger partial charge >= 0.3 is 0 Å². The van der Waals surface area contributed by atoms with Gasteiger partial charge in [0.15, 0.2) is 0 Å². The molecule has 4 nitrogen and oxygen atoms in total. The van der Waals surface area contributed by atoms with Gasteiger partial charge in [0, 0.05) is 30.4 Å². The number of para-hydroxylation sites is 1. The largest absolute Gasteiger partial charge is 0.354 e. The predicted molar refractivity (Wildman–Crippen MR) is 87.5 cm³/mol. The highest BCUT2D eigenvalue weighted by Gasteiger charge is 2.18. The number of carbonyl (C=O) groups is 1. The molecule has 0 bridgehead atoms. The van der Waals surface area contributed by atoms with Gasteiger partial charge in [0.25, 0.3) is 0 Å². The van der Waals surface area contributed by atoms with Gasteiger partial charge in [-0.3, -0.25) is 14.7 Å². The number of aromatic nitrogens is 1. The minimum Gasteiger partial charge on any atom is -0.354 e. The maximum atomic E-state index is 11.6. The van der Waals surface area contributed by atoms with Gasteiger partial charge in [0.2, 0.25) is 5.91 Å². The maximum Gasteiger partial charge on any atom is 0.234 e. The molecule has 1 saturated heterocycles.